The van der Waals surface area contributed by atoms with E-state index in [-0.39, 0.29) is 10.6 Å². The van der Waals surface area contributed by atoms with Gasteiger partial charge in [0.1, 0.15) is 12.4 Å². The van der Waals surface area contributed by atoms with Crippen LogP contribution in [0.4, 0.5) is 14.9 Å². The van der Waals surface area contributed by atoms with E-state index < -0.39 is 29.4 Å². The first-order chi connectivity index (χ1) is 17.3. The van der Waals surface area contributed by atoms with E-state index in [0.717, 1.165) is 58.6 Å². The van der Waals surface area contributed by atoms with Crippen LogP contribution in [-0.4, -0.2) is 33.1 Å². The van der Waals surface area contributed by atoms with Gasteiger partial charge in [-0.05, 0) is 92.1 Å². The molecule has 36 heavy (non-hydrogen) atoms. The number of hydrogen-bond acceptors (Lipinski definition) is 4. The Kier molecular flexibility index (Phi) is 7.74. The summed E-state index contributed by atoms with van der Waals surface area (Å²) < 4.78 is 15.5. The topological polar surface area (TPSA) is 71.4 Å². The summed E-state index contributed by atoms with van der Waals surface area (Å²) in [6.07, 6.45) is 5.07. The standard InChI is InChI=1S/C28H28FN3O3S/c1-4-5-7-20-10-12-24(13-11-20)32-18(2)14-21(19(32)3)15-25-27(34)31(28(35)36-25)17-26(33)30-23-9-6-8-22(29)16-23/h6,8-16H,4-5,7,17H2,1-3H3,(H,30,33)/b25-15+. The predicted molar refractivity (Wildman–Crippen MR) is 142 cm³/mol. The van der Waals surface area contributed by atoms with Crippen LogP contribution >= 0.6 is 11.8 Å². The largest absolute Gasteiger partial charge is 0.324 e. The number of thioether (sulfide) groups is 1. The Balaban J connectivity index is 1.49. The van der Waals surface area contributed by atoms with Crippen LogP contribution in [0.1, 0.15) is 42.3 Å². The molecule has 8 heteroatoms. The summed E-state index contributed by atoms with van der Waals surface area (Å²) in [5, 5.41) is 1.99. The van der Waals surface area contributed by atoms with Gasteiger partial charge >= 0.3 is 0 Å². The van der Waals surface area contributed by atoms with Gasteiger partial charge in [-0.1, -0.05) is 31.5 Å². The molecule has 0 saturated carbocycles. The monoisotopic (exact) mass is 505 g/mol. The van der Waals surface area contributed by atoms with E-state index in [0.29, 0.717) is 0 Å². The average molecular weight is 506 g/mol. The van der Waals surface area contributed by atoms with E-state index in [1.807, 2.05) is 19.9 Å². The molecule has 0 aliphatic carbocycles. The van der Waals surface area contributed by atoms with Crippen molar-refractivity contribution in [2.75, 3.05) is 11.9 Å². The summed E-state index contributed by atoms with van der Waals surface area (Å²) >= 11 is 0.806. The molecule has 0 unspecified atom stereocenters. The molecular weight excluding hydrogens is 477 g/mol. The lowest BCUT2D eigenvalue weighted by atomic mass is 10.1. The molecule has 1 fully saturated rings. The zero-order valence-electron chi connectivity index (χ0n) is 20.5. The molecule has 3 amide bonds. The Hall–Kier alpha value is -3.65. The van der Waals surface area contributed by atoms with Crippen molar-refractivity contribution in [3.8, 4) is 5.69 Å². The van der Waals surface area contributed by atoms with Crippen LogP contribution in [0.3, 0.4) is 0 Å². The quantitative estimate of drug-likeness (QED) is 0.367. The highest BCUT2D eigenvalue weighted by molar-refractivity contribution is 8.18. The molecule has 2 aromatic carbocycles. The van der Waals surface area contributed by atoms with Crippen LogP contribution < -0.4 is 5.32 Å². The van der Waals surface area contributed by atoms with Crippen LogP contribution in [-0.2, 0) is 16.0 Å². The Morgan fingerprint density at radius 3 is 2.53 bits per heavy atom. The maximum Gasteiger partial charge on any atom is 0.294 e. The molecule has 1 aliphatic rings. The number of imide groups is 1. The summed E-state index contributed by atoms with van der Waals surface area (Å²) in [7, 11) is 0. The van der Waals surface area contributed by atoms with Gasteiger partial charge in [0.15, 0.2) is 0 Å². The van der Waals surface area contributed by atoms with E-state index >= 15 is 0 Å². The van der Waals surface area contributed by atoms with Crippen LogP contribution in [0, 0.1) is 19.7 Å². The van der Waals surface area contributed by atoms with Gasteiger partial charge in [0.2, 0.25) is 5.91 Å². The molecule has 1 aromatic heterocycles. The lowest BCUT2D eigenvalue weighted by Crippen LogP contribution is -2.36. The van der Waals surface area contributed by atoms with Crippen LogP contribution in [0.15, 0.2) is 59.5 Å². The molecule has 1 N–H and O–H groups in total. The van der Waals surface area contributed by atoms with Gasteiger partial charge in [-0.25, -0.2) is 4.39 Å². The summed E-state index contributed by atoms with van der Waals surface area (Å²) in [4.78, 5) is 38.9. The van der Waals surface area contributed by atoms with Gasteiger partial charge in [0, 0.05) is 22.8 Å². The second-order valence-electron chi connectivity index (χ2n) is 8.76. The number of carbonyl (C=O) groups excluding carboxylic acids is 3. The number of unbranched alkanes of at least 4 members (excludes halogenated alkanes) is 1. The number of amides is 3. The number of carbonyl (C=O) groups is 3. The van der Waals surface area contributed by atoms with Gasteiger partial charge in [-0.2, -0.15) is 0 Å². The first-order valence-corrected chi connectivity index (χ1v) is 12.7. The maximum absolute atomic E-state index is 13.4. The van der Waals surface area contributed by atoms with Gasteiger partial charge in [0.05, 0.1) is 4.91 Å². The van der Waals surface area contributed by atoms with Crippen LogP contribution in [0.25, 0.3) is 11.8 Å². The number of anilines is 1. The lowest BCUT2D eigenvalue weighted by molar-refractivity contribution is -0.127. The van der Waals surface area contributed by atoms with Gasteiger partial charge in [-0.15, -0.1) is 0 Å². The zero-order valence-corrected chi connectivity index (χ0v) is 21.3. The maximum atomic E-state index is 13.4. The minimum absolute atomic E-state index is 0.258. The van der Waals surface area contributed by atoms with Crippen molar-refractivity contribution >= 4 is 40.6 Å². The molecule has 2 heterocycles. The second-order valence-corrected chi connectivity index (χ2v) is 9.75. The number of benzene rings is 2. The highest BCUT2D eigenvalue weighted by Gasteiger charge is 2.36. The molecular formula is C28H28FN3O3S. The molecule has 6 nitrogen and oxygen atoms in total. The van der Waals surface area contributed by atoms with Crippen molar-refractivity contribution < 1.29 is 18.8 Å². The van der Waals surface area contributed by atoms with Gasteiger partial charge < -0.3 is 9.88 Å². The van der Waals surface area contributed by atoms with Gasteiger partial charge in [-0.3, -0.25) is 19.3 Å². The second kappa shape index (κ2) is 11.0. The van der Waals surface area contributed by atoms with Crippen molar-refractivity contribution in [2.24, 2.45) is 0 Å². The Bertz CT molecular complexity index is 1340. The summed E-state index contributed by atoms with van der Waals surface area (Å²) in [5.74, 6) is -1.60. The zero-order chi connectivity index (χ0) is 25.8. The Labute approximate surface area is 214 Å². The predicted octanol–water partition coefficient (Wildman–Crippen LogP) is 6.25. The molecule has 1 aliphatic heterocycles. The number of aryl methyl sites for hydroxylation is 2. The molecule has 1 saturated heterocycles. The number of nitrogens with one attached hydrogen (secondary N) is 1. The number of nitrogens with zero attached hydrogens (tertiary/aromatic N) is 2. The number of aromatic nitrogens is 1. The van der Waals surface area contributed by atoms with Crippen molar-refractivity contribution in [2.45, 2.75) is 40.0 Å². The molecule has 0 spiro atoms. The third-order valence-corrected chi connectivity index (χ3v) is 6.96. The molecule has 3 aromatic rings. The highest BCUT2D eigenvalue weighted by atomic mass is 32.2. The molecule has 186 valence electrons. The van der Waals surface area contributed by atoms with E-state index in [1.54, 1.807) is 6.08 Å². The van der Waals surface area contributed by atoms with E-state index in [1.165, 1.54) is 29.8 Å². The fourth-order valence-electron chi connectivity index (χ4n) is 4.21. The van der Waals surface area contributed by atoms with E-state index in [4.69, 9.17) is 0 Å². The first kappa shape index (κ1) is 25.4. The average Bonchev–Trinajstić information content (AvgIpc) is 3.27. The smallest absolute Gasteiger partial charge is 0.294 e. The Morgan fingerprint density at radius 2 is 1.83 bits per heavy atom. The normalized spacial score (nSPS) is 14.7. The molecule has 0 radical (unpaired) electrons. The van der Waals surface area contributed by atoms with Crippen molar-refractivity contribution in [3.63, 3.8) is 0 Å². The van der Waals surface area contributed by atoms with Crippen molar-refractivity contribution in [1.82, 2.24) is 9.47 Å². The van der Waals surface area contributed by atoms with Gasteiger partial charge in [0.25, 0.3) is 11.1 Å². The SMILES string of the molecule is CCCCc1ccc(-n2c(C)cc(/C=C3/SC(=O)N(CC(=O)Nc4cccc(F)c4)C3=O)c2C)cc1. The fourth-order valence-corrected chi connectivity index (χ4v) is 5.04. The molecule has 0 atom stereocenters. The fraction of sp³-hybridized carbons (Fsp3) is 0.250. The summed E-state index contributed by atoms with van der Waals surface area (Å²) in [6, 6.07) is 15.9. The number of halogens is 1. The summed E-state index contributed by atoms with van der Waals surface area (Å²) in [5.41, 5.74) is 5.38. The third-order valence-electron chi connectivity index (χ3n) is 6.05. The first-order valence-electron chi connectivity index (χ1n) is 11.9. The van der Waals surface area contributed by atoms with Crippen LogP contribution in [0.5, 0.6) is 0 Å². The van der Waals surface area contributed by atoms with E-state index in [2.05, 4.69) is 41.1 Å². The van der Waals surface area contributed by atoms with E-state index in [9.17, 15) is 18.8 Å². The lowest BCUT2D eigenvalue weighted by Gasteiger charge is -2.12. The molecule has 4 rings (SSSR count). The van der Waals surface area contributed by atoms with Crippen molar-refractivity contribution in [1.29, 1.82) is 0 Å². The third kappa shape index (κ3) is 5.60. The Morgan fingerprint density at radius 1 is 1.08 bits per heavy atom. The highest BCUT2D eigenvalue weighted by Crippen LogP contribution is 2.33. The number of hydrogen-bond donors (Lipinski definition) is 1. The minimum Gasteiger partial charge on any atom is -0.324 e. The summed E-state index contributed by atoms with van der Waals surface area (Å²) in [6.45, 7) is 5.71. The van der Waals surface area contributed by atoms with Crippen LogP contribution in [0.2, 0.25) is 0 Å². The minimum atomic E-state index is -0.579. The molecule has 0 bridgehead atoms. The number of rotatable bonds is 8. The van der Waals surface area contributed by atoms with Crippen molar-refractivity contribution in [3.05, 3.63) is 87.8 Å².